The molecule has 3 heterocycles. The first-order chi connectivity index (χ1) is 14.6. The van der Waals surface area contributed by atoms with Crippen LogP contribution in [0.4, 0.5) is 11.9 Å². The zero-order valence-corrected chi connectivity index (χ0v) is 16.5. The van der Waals surface area contributed by atoms with E-state index < -0.39 is 0 Å². The number of ether oxygens (including phenoxy) is 1. The third kappa shape index (κ3) is 3.10. The molecule has 5 rings (SSSR count). The van der Waals surface area contributed by atoms with Crippen LogP contribution in [0.25, 0.3) is 0 Å². The molecule has 8 heteroatoms. The van der Waals surface area contributed by atoms with Crippen molar-refractivity contribution in [2.75, 3.05) is 17.3 Å². The van der Waals surface area contributed by atoms with Crippen LogP contribution in [0, 0.1) is 0 Å². The van der Waals surface area contributed by atoms with Gasteiger partial charge in [-0.1, -0.05) is 42.5 Å². The van der Waals surface area contributed by atoms with E-state index in [-0.39, 0.29) is 42.7 Å². The summed E-state index contributed by atoms with van der Waals surface area (Å²) < 4.78 is 7.06. The van der Waals surface area contributed by atoms with Crippen LogP contribution in [-0.4, -0.2) is 33.7 Å². The number of hydrogen-bond acceptors (Lipinski definition) is 6. The molecule has 1 fully saturated rings. The highest BCUT2D eigenvalue weighted by atomic mass is 16.5. The first-order valence-electron chi connectivity index (χ1n) is 9.92. The summed E-state index contributed by atoms with van der Waals surface area (Å²) in [5.41, 5.74) is 2.19. The van der Waals surface area contributed by atoms with Crippen LogP contribution in [0.1, 0.15) is 42.5 Å². The highest BCUT2D eigenvalue weighted by molar-refractivity contribution is 6.18. The summed E-state index contributed by atoms with van der Waals surface area (Å²) in [7, 11) is 1.64. The summed E-state index contributed by atoms with van der Waals surface area (Å²) >= 11 is 0. The van der Waals surface area contributed by atoms with Crippen LogP contribution in [0.15, 0.2) is 54.6 Å². The highest BCUT2D eigenvalue weighted by Gasteiger charge is 2.37. The lowest BCUT2D eigenvalue weighted by Gasteiger charge is -2.31. The van der Waals surface area contributed by atoms with E-state index in [0.29, 0.717) is 5.95 Å². The number of carbonyl (C=O) groups excluding carboxylic acids is 2. The van der Waals surface area contributed by atoms with Gasteiger partial charge in [0.15, 0.2) is 0 Å². The lowest BCUT2D eigenvalue weighted by molar-refractivity contribution is -0.121. The first kappa shape index (κ1) is 18.4. The van der Waals surface area contributed by atoms with Crippen LogP contribution in [0.2, 0.25) is 0 Å². The zero-order chi connectivity index (χ0) is 20.7. The molecule has 2 atom stereocenters. The van der Waals surface area contributed by atoms with E-state index in [1.54, 1.807) is 11.8 Å². The van der Waals surface area contributed by atoms with Crippen molar-refractivity contribution in [3.63, 3.8) is 0 Å². The number of hydrogen-bond donors (Lipinski definition) is 1. The Morgan fingerprint density at radius 1 is 0.967 bits per heavy atom. The normalized spacial score (nSPS) is 20.8. The van der Waals surface area contributed by atoms with Crippen molar-refractivity contribution in [3.05, 3.63) is 65.7 Å². The zero-order valence-electron chi connectivity index (χ0n) is 16.5. The maximum absolute atomic E-state index is 12.2. The molecule has 1 N–H and O–H groups in total. The Morgan fingerprint density at radius 3 is 2.33 bits per heavy atom. The molecule has 2 aromatic carbocycles. The van der Waals surface area contributed by atoms with Gasteiger partial charge < -0.3 is 10.1 Å². The summed E-state index contributed by atoms with van der Waals surface area (Å²) in [4.78, 5) is 30.0. The molecule has 0 unspecified atom stereocenters. The van der Waals surface area contributed by atoms with E-state index in [2.05, 4.69) is 27.5 Å². The minimum Gasteiger partial charge on any atom is -0.497 e. The van der Waals surface area contributed by atoms with Gasteiger partial charge in [-0.05, 0) is 29.7 Å². The number of amides is 2. The number of nitrogens with zero attached hydrogens (tertiary/aromatic N) is 4. The monoisotopic (exact) mass is 403 g/mol. The Bertz CT molecular complexity index is 1080. The Hall–Kier alpha value is -3.68. The molecule has 152 valence electrons. The van der Waals surface area contributed by atoms with Gasteiger partial charge in [0.1, 0.15) is 5.75 Å². The number of methoxy groups -OCH3 is 1. The molecule has 2 aliphatic rings. The average Bonchev–Trinajstić information content (AvgIpc) is 3.35. The van der Waals surface area contributed by atoms with Gasteiger partial charge in [-0.3, -0.25) is 9.59 Å². The predicted octanol–water partition coefficient (Wildman–Crippen LogP) is 3.09. The summed E-state index contributed by atoms with van der Waals surface area (Å²) in [6.07, 6.45) is 1.14. The molecular formula is C22H21N5O3. The summed E-state index contributed by atoms with van der Waals surface area (Å²) in [5.74, 6) is 0.933. The van der Waals surface area contributed by atoms with Crippen molar-refractivity contribution >= 4 is 23.7 Å². The predicted molar refractivity (Wildman–Crippen MR) is 110 cm³/mol. The number of aromatic nitrogens is 3. The second-order valence-electron chi connectivity index (χ2n) is 7.44. The molecule has 0 bridgehead atoms. The van der Waals surface area contributed by atoms with E-state index in [4.69, 9.17) is 4.74 Å². The first-order valence-corrected chi connectivity index (χ1v) is 9.92. The van der Waals surface area contributed by atoms with Gasteiger partial charge in [-0.15, -0.1) is 5.10 Å². The van der Waals surface area contributed by atoms with Gasteiger partial charge in [-0.2, -0.15) is 4.98 Å². The molecule has 1 aromatic heterocycles. The fraction of sp³-hybridized carbons (Fsp3) is 0.273. The van der Waals surface area contributed by atoms with Crippen LogP contribution < -0.4 is 15.0 Å². The molecule has 8 nitrogen and oxygen atoms in total. The smallest absolute Gasteiger partial charge is 0.260 e. The van der Waals surface area contributed by atoms with Crippen molar-refractivity contribution in [3.8, 4) is 5.75 Å². The van der Waals surface area contributed by atoms with Gasteiger partial charge in [0.05, 0.1) is 19.2 Å². The molecule has 0 aliphatic carbocycles. The van der Waals surface area contributed by atoms with Crippen LogP contribution in [0.5, 0.6) is 5.75 Å². The Morgan fingerprint density at radius 2 is 1.67 bits per heavy atom. The maximum atomic E-state index is 12.2. The second-order valence-corrected chi connectivity index (χ2v) is 7.44. The number of benzene rings is 2. The maximum Gasteiger partial charge on any atom is 0.260 e. The average molecular weight is 403 g/mol. The van der Waals surface area contributed by atoms with Gasteiger partial charge in [-0.25, -0.2) is 9.58 Å². The SMILES string of the molecule is COc1ccc([C@@H]2C[C@@H](c3ccccc3)Nc3nc(N4C(=O)CCC4=O)nn32)cc1. The molecule has 30 heavy (non-hydrogen) atoms. The molecular weight excluding hydrogens is 382 g/mol. The van der Waals surface area contributed by atoms with Crippen LogP contribution >= 0.6 is 0 Å². The topological polar surface area (TPSA) is 89.3 Å². The number of anilines is 2. The Balaban J connectivity index is 1.57. The van der Waals surface area contributed by atoms with E-state index >= 15 is 0 Å². The Labute approximate surface area is 173 Å². The highest BCUT2D eigenvalue weighted by Crippen LogP contribution is 2.39. The van der Waals surface area contributed by atoms with Gasteiger partial charge >= 0.3 is 0 Å². The number of imide groups is 1. The van der Waals surface area contributed by atoms with Crippen molar-refractivity contribution in [2.45, 2.75) is 31.3 Å². The lowest BCUT2D eigenvalue weighted by atomic mass is 9.93. The quantitative estimate of drug-likeness (QED) is 0.674. The number of fused-ring (bicyclic) bond motifs is 1. The van der Waals surface area contributed by atoms with Crippen molar-refractivity contribution in [2.24, 2.45) is 0 Å². The van der Waals surface area contributed by atoms with Crippen molar-refractivity contribution in [1.82, 2.24) is 14.8 Å². The van der Waals surface area contributed by atoms with E-state index in [0.717, 1.165) is 28.2 Å². The van der Waals surface area contributed by atoms with Gasteiger partial charge in [0.2, 0.25) is 17.8 Å². The fourth-order valence-electron chi connectivity index (χ4n) is 4.07. The number of nitrogens with one attached hydrogen (secondary N) is 1. The number of rotatable bonds is 4. The van der Waals surface area contributed by atoms with E-state index in [1.807, 2.05) is 42.5 Å². The summed E-state index contributed by atoms with van der Waals surface area (Å²) in [5, 5.41) is 7.98. The number of carbonyl (C=O) groups is 2. The molecule has 3 aromatic rings. The standard InChI is InChI=1S/C22H21N5O3/c1-30-16-9-7-15(8-10-16)18-13-17(14-5-3-2-4-6-14)23-21-24-22(25-27(18)21)26-19(28)11-12-20(26)29/h2-10,17-18H,11-13H2,1H3,(H,23,24,25)/t17-,18-/m0/s1. The lowest BCUT2D eigenvalue weighted by Crippen LogP contribution is -2.30. The molecule has 0 spiro atoms. The molecule has 2 amide bonds. The van der Waals surface area contributed by atoms with E-state index in [1.165, 1.54) is 0 Å². The second kappa shape index (κ2) is 7.29. The Kier molecular flexibility index (Phi) is 4.46. The minimum atomic E-state index is -0.261. The van der Waals surface area contributed by atoms with Gasteiger partial charge in [0, 0.05) is 12.8 Å². The van der Waals surface area contributed by atoms with Gasteiger partial charge in [0.25, 0.3) is 5.95 Å². The molecule has 0 radical (unpaired) electrons. The third-order valence-electron chi connectivity index (χ3n) is 5.63. The summed E-state index contributed by atoms with van der Waals surface area (Å²) in [6, 6.07) is 17.9. The van der Waals surface area contributed by atoms with Crippen molar-refractivity contribution in [1.29, 1.82) is 0 Å². The molecule has 2 aliphatic heterocycles. The van der Waals surface area contributed by atoms with Crippen LogP contribution in [-0.2, 0) is 9.59 Å². The molecule has 1 saturated heterocycles. The summed E-state index contributed by atoms with van der Waals surface area (Å²) in [6.45, 7) is 0. The fourth-order valence-corrected chi connectivity index (χ4v) is 4.07. The van der Waals surface area contributed by atoms with Crippen molar-refractivity contribution < 1.29 is 14.3 Å². The van der Waals surface area contributed by atoms with E-state index in [9.17, 15) is 9.59 Å². The minimum absolute atomic E-state index is 0.0211. The third-order valence-corrected chi connectivity index (χ3v) is 5.63. The molecule has 0 saturated carbocycles. The largest absolute Gasteiger partial charge is 0.497 e. The van der Waals surface area contributed by atoms with Crippen LogP contribution in [0.3, 0.4) is 0 Å².